The molecule has 0 saturated carbocycles. The third-order valence-corrected chi connectivity index (χ3v) is 3.81. The fourth-order valence-electron chi connectivity index (χ4n) is 2.19. The van der Waals surface area contributed by atoms with E-state index < -0.39 is 17.5 Å². The molecule has 1 aliphatic rings. The SMILES string of the molecule is CCC(CC)CNC(=O)NC1(C(=O)O)CCOCC1. The van der Waals surface area contributed by atoms with E-state index in [2.05, 4.69) is 24.5 Å². The molecule has 6 nitrogen and oxygen atoms in total. The van der Waals surface area contributed by atoms with Crippen LogP contribution < -0.4 is 10.6 Å². The second kappa shape index (κ2) is 7.33. The number of urea groups is 1. The number of carbonyl (C=O) groups excluding carboxylic acids is 1. The van der Waals surface area contributed by atoms with Gasteiger partial charge >= 0.3 is 12.0 Å². The highest BCUT2D eigenvalue weighted by atomic mass is 16.5. The van der Waals surface area contributed by atoms with Gasteiger partial charge in [-0.1, -0.05) is 26.7 Å². The van der Waals surface area contributed by atoms with E-state index in [0.29, 0.717) is 38.5 Å². The summed E-state index contributed by atoms with van der Waals surface area (Å²) in [5.74, 6) is -0.560. The first-order chi connectivity index (χ1) is 9.04. The van der Waals surface area contributed by atoms with Crippen LogP contribution in [-0.4, -0.2) is 42.4 Å². The number of hydrogen-bond acceptors (Lipinski definition) is 3. The quantitative estimate of drug-likeness (QED) is 0.681. The van der Waals surface area contributed by atoms with E-state index in [-0.39, 0.29) is 0 Å². The molecule has 0 aromatic carbocycles. The van der Waals surface area contributed by atoms with Gasteiger partial charge in [0, 0.05) is 32.6 Å². The summed E-state index contributed by atoms with van der Waals surface area (Å²) >= 11 is 0. The maximum absolute atomic E-state index is 11.8. The van der Waals surface area contributed by atoms with Crippen molar-refractivity contribution in [2.45, 2.75) is 45.1 Å². The summed E-state index contributed by atoms with van der Waals surface area (Å²) in [6, 6.07) is -0.406. The lowest BCUT2D eigenvalue weighted by Gasteiger charge is -2.34. The first-order valence-electron chi connectivity index (χ1n) is 6.91. The standard InChI is InChI=1S/C13H24N2O4/c1-3-10(4-2)9-14-12(18)15-13(11(16)17)5-7-19-8-6-13/h10H,3-9H2,1-2H3,(H,16,17)(H2,14,15,18). The van der Waals surface area contributed by atoms with Crippen molar-refractivity contribution in [1.29, 1.82) is 0 Å². The Labute approximate surface area is 113 Å². The highest BCUT2D eigenvalue weighted by molar-refractivity contribution is 5.86. The first kappa shape index (κ1) is 15.8. The molecule has 19 heavy (non-hydrogen) atoms. The molecule has 3 N–H and O–H groups in total. The van der Waals surface area contributed by atoms with Crippen molar-refractivity contribution < 1.29 is 19.4 Å². The van der Waals surface area contributed by atoms with Crippen LogP contribution >= 0.6 is 0 Å². The van der Waals surface area contributed by atoms with E-state index in [4.69, 9.17) is 4.74 Å². The van der Waals surface area contributed by atoms with Crippen molar-refractivity contribution in [2.75, 3.05) is 19.8 Å². The van der Waals surface area contributed by atoms with Crippen LogP contribution in [0.2, 0.25) is 0 Å². The predicted octanol–water partition coefficient (Wildman–Crippen LogP) is 1.36. The molecular formula is C13H24N2O4. The van der Waals surface area contributed by atoms with E-state index >= 15 is 0 Å². The Morgan fingerprint density at radius 2 is 1.84 bits per heavy atom. The zero-order chi connectivity index (χ0) is 14.3. The lowest BCUT2D eigenvalue weighted by Crippen LogP contribution is -2.59. The van der Waals surface area contributed by atoms with Crippen molar-refractivity contribution in [3.63, 3.8) is 0 Å². The number of amides is 2. The van der Waals surface area contributed by atoms with Crippen molar-refractivity contribution in [3.8, 4) is 0 Å². The minimum Gasteiger partial charge on any atom is -0.480 e. The van der Waals surface area contributed by atoms with E-state index in [0.717, 1.165) is 12.8 Å². The highest BCUT2D eigenvalue weighted by Crippen LogP contribution is 2.20. The maximum atomic E-state index is 11.8. The normalized spacial score (nSPS) is 18.1. The van der Waals surface area contributed by atoms with Crippen LogP contribution in [0.4, 0.5) is 4.79 Å². The summed E-state index contributed by atoms with van der Waals surface area (Å²) in [5.41, 5.74) is -1.18. The first-order valence-corrected chi connectivity index (χ1v) is 6.91. The molecule has 110 valence electrons. The molecule has 0 bridgehead atoms. The minimum absolute atomic E-state index is 0.306. The van der Waals surface area contributed by atoms with Gasteiger partial charge in [-0.05, 0) is 5.92 Å². The van der Waals surface area contributed by atoms with Crippen molar-refractivity contribution >= 4 is 12.0 Å². The second-order valence-corrected chi connectivity index (χ2v) is 5.02. The molecule has 0 aromatic rings. The van der Waals surface area contributed by atoms with Crippen molar-refractivity contribution in [3.05, 3.63) is 0 Å². The van der Waals surface area contributed by atoms with Crippen LogP contribution in [0.1, 0.15) is 39.5 Å². The number of rotatable bonds is 6. The summed E-state index contributed by atoms with van der Waals surface area (Å²) in [6.45, 7) is 5.44. The predicted molar refractivity (Wildman–Crippen MR) is 71.0 cm³/mol. The molecule has 1 saturated heterocycles. The van der Waals surface area contributed by atoms with Gasteiger partial charge in [-0.2, -0.15) is 0 Å². The number of carbonyl (C=O) groups is 2. The fourth-order valence-corrected chi connectivity index (χ4v) is 2.19. The molecule has 0 spiro atoms. The van der Waals surface area contributed by atoms with E-state index in [1.54, 1.807) is 0 Å². The Bertz CT molecular complexity index is 310. The summed E-state index contributed by atoms with van der Waals surface area (Å²) < 4.78 is 5.15. The molecule has 0 aliphatic carbocycles. The number of ether oxygens (including phenoxy) is 1. The average molecular weight is 272 g/mol. The van der Waals surface area contributed by atoms with E-state index in [1.165, 1.54) is 0 Å². The average Bonchev–Trinajstić information content (AvgIpc) is 2.40. The molecule has 1 aliphatic heterocycles. The number of nitrogens with one attached hydrogen (secondary N) is 2. The lowest BCUT2D eigenvalue weighted by atomic mass is 9.90. The Morgan fingerprint density at radius 1 is 1.26 bits per heavy atom. The van der Waals surface area contributed by atoms with Crippen LogP contribution in [0.5, 0.6) is 0 Å². The molecule has 0 radical (unpaired) electrons. The van der Waals surface area contributed by atoms with Gasteiger partial charge < -0.3 is 20.5 Å². The molecule has 0 unspecified atom stereocenters. The second-order valence-electron chi connectivity index (χ2n) is 5.02. The van der Waals surface area contributed by atoms with Gasteiger partial charge in [-0.15, -0.1) is 0 Å². The topological polar surface area (TPSA) is 87.7 Å². The summed E-state index contributed by atoms with van der Waals surface area (Å²) in [7, 11) is 0. The summed E-state index contributed by atoms with van der Waals surface area (Å²) in [6.07, 6.45) is 2.60. The monoisotopic (exact) mass is 272 g/mol. The summed E-state index contributed by atoms with van der Waals surface area (Å²) in [4.78, 5) is 23.2. The maximum Gasteiger partial charge on any atom is 0.329 e. The van der Waals surface area contributed by atoms with Gasteiger partial charge in [0.05, 0.1) is 0 Å². The molecular weight excluding hydrogens is 248 g/mol. The smallest absolute Gasteiger partial charge is 0.329 e. The zero-order valence-corrected chi connectivity index (χ0v) is 11.7. The van der Waals surface area contributed by atoms with Crippen LogP contribution in [0.15, 0.2) is 0 Å². The van der Waals surface area contributed by atoms with E-state index in [9.17, 15) is 14.7 Å². The third-order valence-electron chi connectivity index (χ3n) is 3.81. The Kier molecular flexibility index (Phi) is 6.08. The third kappa shape index (κ3) is 4.38. The van der Waals surface area contributed by atoms with Crippen LogP contribution in [0.3, 0.4) is 0 Å². The van der Waals surface area contributed by atoms with Crippen LogP contribution in [-0.2, 0) is 9.53 Å². The van der Waals surface area contributed by atoms with Gasteiger partial charge in [0.2, 0.25) is 0 Å². The Hall–Kier alpha value is -1.30. The molecule has 2 amide bonds. The Balaban J connectivity index is 2.50. The molecule has 0 atom stereocenters. The molecule has 1 fully saturated rings. The van der Waals surface area contributed by atoms with E-state index in [1.807, 2.05) is 0 Å². The number of carboxylic acids is 1. The zero-order valence-electron chi connectivity index (χ0n) is 11.7. The molecule has 6 heteroatoms. The largest absolute Gasteiger partial charge is 0.480 e. The van der Waals surface area contributed by atoms with Gasteiger partial charge in [0.1, 0.15) is 5.54 Å². The minimum atomic E-state index is -1.18. The molecule has 1 rings (SSSR count). The van der Waals surface area contributed by atoms with Crippen LogP contribution in [0, 0.1) is 5.92 Å². The van der Waals surface area contributed by atoms with Crippen molar-refractivity contribution in [1.82, 2.24) is 10.6 Å². The number of aliphatic carboxylic acids is 1. The Morgan fingerprint density at radius 3 is 2.32 bits per heavy atom. The molecule has 0 aromatic heterocycles. The van der Waals surface area contributed by atoms with Gasteiger partial charge in [-0.3, -0.25) is 0 Å². The lowest BCUT2D eigenvalue weighted by molar-refractivity contribution is -0.148. The summed E-state index contributed by atoms with van der Waals surface area (Å²) in [5, 5.41) is 14.7. The fraction of sp³-hybridized carbons (Fsp3) is 0.846. The van der Waals surface area contributed by atoms with Crippen LogP contribution in [0.25, 0.3) is 0 Å². The highest BCUT2D eigenvalue weighted by Gasteiger charge is 2.41. The van der Waals surface area contributed by atoms with Gasteiger partial charge in [0.15, 0.2) is 0 Å². The van der Waals surface area contributed by atoms with Crippen molar-refractivity contribution in [2.24, 2.45) is 5.92 Å². The molecule has 1 heterocycles. The number of hydrogen-bond donors (Lipinski definition) is 3. The van der Waals surface area contributed by atoms with Gasteiger partial charge in [-0.25, -0.2) is 9.59 Å². The number of carboxylic acid groups (broad SMARTS) is 1. The van der Waals surface area contributed by atoms with Gasteiger partial charge in [0.25, 0.3) is 0 Å².